The summed E-state index contributed by atoms with van der Waals surface area (Å²) < 4.78 is 12.5. The van der Waals surface area contributed by atoms with Gasteiger partial charge >= 0.3 is 0 Å². The van der Waals surface area contributed by atoms with E-state index in [-0.39, 0.29) is 6.04 Å². The number of rotatable bonds is 7. The van der Waals surface area contributed by atoms with E-state index in [0.29, 0.717) is 13.0 Å². The lowest BCUT2D eigenvalue weighted by Gasteiger charge is -2.33. The number of methoxy groups -OCH3 is 1. The molecule has 1 aliphatic rings. The first kappa shape index (κ1) is 15.2. The molecule has 2 aromatic rings. The molecule has 1 fully saturated rings. The van der Waals surface area contributed by atoms with Crippen molar-refractivity contribution in [1.29, 1.82) is 0 Å². The van der Waals surface area contributed by atoms with Gasteiger partial charge in [-0.15, -0.1) is 0 Å². The molecule has 0 aliphatic carbocycles. The highest BCUT2D eigenvalue weighted by Crippen LogP contribution is 2.29. The number of likely N-dealkylation sites (tertiary alicyclic amines) is 1. The molecule has 0 bridgehead atoms. The summed E-state index contributed by atoms with van der Waals surface area (Å²) >= 11 is 0. The molecular weight excluding hydrogens is 282 g/mol. The zero-order chi connectivity index (χ0) is 15.2. The highest BCUT2D eigenvalue weighted by Gasteiger charge is 2.28. The van der Waals surface area contributed by atoms with E-state index in [9.17, 15) is 0 Å². The molecule has 7 heteroatoms. The van der Waals surface area contributed by atoms with Gasteiger partial charge in [-0.1, -0.05) is 11.6 Å². The lowest BCUT2D eigenvalue weighted by molar-refractivity contribution is 0.113. The molecule has 0 amide bonds. The zero-order valence-electron chi connectivity index (χ0n) is 13.0. The molecule has 2 aromatic heterocycles. The third kappa shape index (κ3) is 3.72. The second-order valence-corrected chi connectivity index (χ2v) is 5.61. The minimum atomic E-state index is 0.230. The first-order valence-corrected chi connectivity index (χ1v) is 7.89. The van der Waals surface area contributed by atoms with E-state index in [1.165, 1.54) is 12.8 Å². The summed E-state index contributed by atoms with van der Waals surface area (Å²) in [6.07, 6.45) is 8.01. The van der Waals surface area contributed by atoms with Gasteiger partial charge in [0.1, 0.15) is 0 Å². The average Bonchev–Trinajstić information content (AvgIpc) is 3.23. The van der Waals surface area contributed by atoms with E-state index in [2.05, 4.69) is 20.1 Å². The molecule has 1 aliphatic heterocycles. The van der Waals surface area contributed by atoms with Crippen molar-refractivity contribution in [2.75, 3.05) is 26.8 Å². The van der Waals surface area contributed by atoms with Crippen LogP contribution in [0.5, 0.6) is 0 Å². The third-order valence-corrected chi connectivity index (χ3v) is 4.09. The lowest BCUT2D eigenvalue weighted by Crippen LogP contribution is -2.36. The summed E-state index contributed by atoms with van der Waals surface area (Å²) in [5.41, 5.74) is 0. The Morgan fingerprint density at radius 1 is 1.36 bits per heavy atom. The maximum atomic E-state index is 5.49. The van der Waals surface area contributed by atoms with E-state index in [1.807, 2.05) is 23.1 Å². The first-order valence-electron chi connectivity index (χ1n) is 7.89. The van der Waals surface area contributed by atoms with Gasteiger partial charge < -0.3 is 9.26 Å². The number of aromatic nitrogens is 4. The molecule has 1 atom stereocenters. The molecule has 3 rings (SSSR count). The van der Waals surface area contributed by atoms with Crippen LogP contribution in [0.3, 0.4) is 0 Å². The fourth-order valence-corrected chi connectivity index (χ4v) is 2.90. The molecule has 120 valence electrons. The maximum Gasteiger partial charge on any atom is 0.243 e. The molecule has 3 heterocycles. The van der Waals surface area contributed by atoms with Gasteiger partial charge in [-0.25, -0.2) is 0 Å². The number of ether oxygens (including phenoxy) is 1. The van der Waals surface area contributed by atoms with Crippen LogP contribution in [-0.4, -0.2) is 51.6 Å². The van der Waals surface area contributed by atoms with Crippen LogP contribution in [0.1, 0.15) is 37.0 Å². The van der Waals surface area contributed by atoms with Gasteiger partial charge in [-0.2, -0.15) is 10.1 Å². The standard InChI is InChI=1S/C15H23N5O2/c1-21-12-6-14-17-15(22-18-14)13-5-2-3-8-19(13)10-11-20-9-4-7-16-20/h4,7,9,13H,2-3,5-6,8,10-12H2,1H3/t13-/m1/s1. The fraction of sp³-hybridized carbons (Fsp3) is 0.667. The van der Waals surface area contributed by atoms with Crippen LogP contribution < -0.4 is 0 Å². The van der Waals surface area contributed by atoms with E-state index >= 15 is 0 Å². The molecule has 1 saturated heterocycles. The summed E-state index contributed by atoms with van der Waals surface area (Å²) in [6.45, 7) is 3.52. The predicted octanol–water partition coefficient (Wildman–Crippen LogP) is 1.68. The van der Waals surface area contributed by atoms with Gasteiger partial charge in [0.25, 0.3) is 0 Å². The number of hydrogen-bond donors (Lipinski definition) is 0. The van der Waals surface area contributed by atoms with Crippen molar-refractivity contribution >= 4 is 0 Å². The van der Waals surface area contributed by atoms with E-state index < -0.39 is 0 Å². The van der Waals surface area contributed by atoms with Crippen molar-refractivity contribution < 1.29 is 9.26 Å². The van der Waals surface area contributed by atoms with E-state index in [0.717, 1.165) is 37.8 Å². The Balaban J connectivity index is 1.62. The topological polar surface area (TPSA) is 69.2 Å². The molecule has 7 nitrogen and oxygen atoms in total. The molecule has 0 N–H and O–H groups in total. The number of piperidine rings is 1. The van der Waals surface area contributed by atoms with Crippen LogP contribution in [-0.2, 0) is 17.7 Å². The van der Waals surface area contributed by atoms with Crippen molar-refractivity contribution in [1.82, 2.24) is 24.8 Å². The summed E-state index contributed by atoms with van der Waals surface area (Å²) in [6, 6.07) is 2.18. The minimum Gasteiger partial charge on any atom is -0.384 e. The molecule has 0 aromatic carbocycles. The smallest absolute Gasteiger partial charge is 0.243 e. The molecular formula is C15H23N5O2. The maximum absolute atomic E-state index is 5.49. The monoisotopic (exact) mass is 305 g/mol. The average molecular weight is 305 g/mol. The molecule has 22 heavy (non-hydrogen) atoms. The van der Waals surface area contributed by atoms with Gasteiger partial charge in [0.15, 0.2) is 5.82 Å². The Hall–Kier alpha value is -1.73. The summed E-state index contributed by atoms with van der Waals surface area (Å²) in [4.78, 5) is 6.97. The highest BCUT2D eigenvalue weighted by molar-refractivity contribution is 4.96. The van der Waals surface area contributed by atoms with Crippen LogP contribution in [0.4, 0.5) is 0 Å². The quantitative estimate of drug-likeness (QED) is 0.775. The Morgan fingerprint density at radius 3 is 3.14 bits per heavy atom. The van der Waals surface area contributed by atoms with Crippen LogP contribution in [0, 0.1) is 0 Å². The number of nitrogens with zero attached hydrogens (tertiary/aromatic N) is 5. The Kier molecular flexibility index (Phi) is 5.18. The summed E-state index contributed by atoms with van der Waals surface area (Å²) in [5.74, 6) is 1.47. The van der Waals surface area contributed by atoms with Crippen molar-refractivity contribution in [2.24, 2.45) is 0 Å². The molecule has 0 spiro atoms. The van der Waals surface area contributed by atoms with Crippen LogP contribution in [0.15, 0.2) is 23.0 Å². The van der Waals surface area contributed by atoms with Crippen molar-refractivity contribution in [2.45, 2.75) is 38.3 Å². The van der Waals surface area contributed by atoms with Gasteiger partial charge in [0, 0.05) is 32.5 Å². The minimum absolute atomic E-state index is 0.230. The zero-order valence-corrected chi connectivity index (χ0v) is 13.0. The largest absolute Gasteiger partial charge is 0.384 e. The summed E-state index contributed by atoms with van der Waals surface area (Å²) in [5, 5.41) is 8.32. The van der Waals surface area contributed by atoms with Gasteiger partial charge in [-0.05, 0) is 25.5 Å². The van der Waals surface area contributed by atoms with Crippen LogP contribution >= 0.6 is 0 Å². The Labute approximate surface area is 130 Å². The Morgan fingerprint density at radius 2 is 2.32 bits per heavy atom. The second-order valence-electron chi connectivity index (χ2n) is 5.61. The number of hydrogen-bond acceptors (Lipinski definition) is 6. The van der Waals surface area contributed by atoms with E-state index in [1.54, 1.807) is 7.11 Å². The molecule has 0 radical (unpaired) electrons. The van der Waals surface area contributed by atoms with Crippen molar-refractivity contribution in [3.05, 3.63) is 30.2 Å². The SMILES string of the molecule is COCCc1noc([C@H]2CCCCN2CCn2cccn2)n1. The predicted molar refractivity (Wildman–Crippen MR) is 80.3 cm³/mol. The summed E-state index contributed by atoms with van der Waals surface area (Å²) in [7, 11) is 1.68. The van der Waals surface area contributed by atoms with Gasteiger partial charge in [-0.3, -0.25) is 9.58 Å². The van der Waals surface area contributed by atoms with Gasteiger partial charge in [0.2, 0.25) is 5.89 Å². The van der Waals surface area contributed by atoms with Crippen LogP contribution in [0.2, 0.25) is 0 Å². The van der Waals surface area contributed by atoms with Crippen LogP contribution in [0.25, 0.3) is 0 Å². The lowest BCUT2D eigenvalue weighted by atomic mass is 10.0. The van der Waals surface area contributed by atoms with Gasteiger partial charge in [0.05, 0.1) is 19.2 Å². The van der Waals surface area contributed by atoms with Crippen molar-refractivity contribution in [3.8, 4) is 0 Å². The normalized spacial score (nSPS) is 19.6. The fourth-order valence-electron chi connectivity index (χ4n) is 2.90. The second kappa shape index (κ2) is 7.51. The Bertz CT molecular complexity index is 554. The third-order valence-electron chi connectivity index (χ3n) is 4.09. The first-order chi connectivity index (χ1) is 10.9. The van der Waals surface area contributed by atoms with Crippen molar-refractivity contribution in [3.63, 3.8) is 0 Å². The highest BCUT2D eigenvalue weighted by atomic mass is 16.5. The van der Waals surface area contributed by atoms with E-state index in [4.69, 9.17) is 9.26 Å². The molecule has 0 unspecified atom stereocenters. The molecule has 0 saturated carbocycles.